The summed E-state index contributed by atoms with van der Waals surface area (Å²) in [6, 6.07) is 15.7. The van der Waals surface area contributed by atoms with Gasteiger partial charge in [-0.25, -0.2) is 14.4 Å². The van der Waals surface area contributed by atoms with Gasteiger partial charge in [0.15, 0.2) is 5.16 Å². The number of hydrogen-bond acceptors (Lipinski definition) is 6. The van der Waals surface area contributed by atoms with Crippen molar-refractivity contribution in [1.82, 2.24) is 15.0 Å². The third kappa shape index (κ3) is 5.12. The smallest absolute Gasteiger partial charge is 0.252 e. The van der Waals surface area contributed by atoms with Gasteiger partial charge in [-0.05, 0) is 31.5 Å². The van der Waals surface area contributed by atoms with Crippen molar-refractivity contribution in [3.05, 3.63) is 82.0 Å². The Morgan fingerprint density at radius 1 is 1.12 bits per heavy atom. The minimum Gasteiger partial charge on any atom is -0.325 e. The maximum Gasteiger partial charge on any atom is 0.252 e. The molecule has 0 spiro atoms. The lowest BCUT2D eigenvalue weighted by atomic mass is 10.2. The molecular weight excluding hydrogens is 447 g/mol. The number of nitrogens with zero attached hydrogens (tertiary/aromatic N) is 2. The quantitative estimate of drug-likeness (QED) is 0.307. The third-order valence-electron chi connectivity index (χ3n) is 4.57. The van der Waals surface area contributed by atoms with Gasteiger partial charge in [0.05, 0.1) is 22.0 Å². The first-order valence-electron chi connectivity index (χ1n) is 9.72. The highest BCUT2D eigenvalue weighted by Crippen LogP contribution is 2.34. The van der Waals surface area contributed by atoms with Crippen LogP contribution in [0.15, 0.2) is 64.5 Å². The van der Waals surface area contributed by atoms with Crippen molar-refractivity contribution < 1.29 is 9.18 Å². The summed E-state index contributed by atoms with van der Waals surface area (Å²) in [6.07, 6.45) is 0. The number of aryl methyl sites for hydroxylation is 2. The zero-order chi connectivity index (χ0) is 22.7. The summed E-state index contributed by atoms with van der Waals surface area (Å²) in [6.45, 7) is 3.53. The van der Waals surface area contributed by atoms with Gasteiger partial charge in [0.2, 0.25) is 5.91 Å². The van der Waals surface area contributed by atoms with Gasteiger partial charge in [-0.3, -0.25) is 9.59 Å². The molecule has 2 heterocycles. The second kappa shape index (κ2) is 9.46. The van der Waals surface area contributed by atoms with Gasteiger partial charge >= 0.3 is 0 Å². The Balaban J connectivity index is 1.50. The molecule has 0 saturated carbocycles. The van der Waals surface area contributed by atoms with Crippen molar-refractivity contribution in [3.63, 3.8) is 0 Å². The van der Waals surface area contributed by atoms with E-state index in [2.05, 4.69) is 20.3 Å². The van der Waals surface area contributed by atoms with Crippen molar-refractivity contribution in [2.45, 2.75) is 19.0 Å². The molecule has 0 aliphatic carbocycles. The molecule has 0 fully saturated rings. The highest BCUT2D eigenvalue weighted by Gasteiger charge is 2.15. The number of anilines is 1. The van der Waals surface area contributed by atoms with Crippen LogP contribution >= 0.6 is 23.1 Å². The molecular formula is C23H19FN4O2S2. The number of rotatable bonds is 6. The predicted molar refractivity (Wildman–Crippen MR) is 127 cm³/mol. The van der Waals surface area contributed by atoms with Gasteiger partial charge in [-0.15, -0.1) is 11.3 Å². The number of carbonyl (C=O) groups excluding carboxylic acids is 1. The second-order valence-electron chi connectivity index (χ2n) is 7.04. The summed E-state index contributed by atoms with van der Waals surface area (Å²) in [5, 5.41) is 3.82. The standard InChI is InChI=1S/C23H19FN4O2S2/c1-13-8-9-16(10-17(13)24)26-20(30)12-31-23-27-18(11-19(29)28-23)21-14(2)25-22(32-21)15-6-4-3-5-7-15/h3-11H,12H2,1-2H3,(H,26,30)(H,27,28,29). The Bertz CT molecular complexity index is 1340. The number of aromatic nitrogens is 3. The molecule has 6 nitrogen and oxygen atoms in total. The lowest BCUT2D eigenvalue weighted by molar-refractivity contribution is -0.113. The number of hydrogen-bond donors (Lipinski definition) is 2. The van der Waals surface area contributed by atoms with E-state index in [1.54, 1.807) is 19.1 Å². The van der Waals surface area contributed by atoms with E-state index in [0.29, 0.717) is 22.1 Å². The maximum atomic E-state index is 13.7. The molecule has 0 saturated heterocycles. The molecule has 0 aliphatic heterocycles. The SMILES string of the molecule is Cc1ccc(NC(=O)CSc2nc(-c3sc(-c4ccccc4)nc3C)cc(=O)[nH]2)cc1F. The Labute approximate surface area is 192 Å². The van der Waals surface area contributed by atoms with Crippen LogP contribution in [0.3, 0.4) is 0 Å². The second-order valence-corrected chi connectivity index (χ2v) is 9.00. The number of aromatic amines is 1. The van der Waals surface area contributed by atoms with E-state index in [1.165, 1.54) is 23.5 Å². The molecule has 162 valence electrons. The van der Waals surface area contributed by atoms with Gasteiger partial charge < -0.3 is 10.3 Å². The fraction of sp³-hybridized carbons (Fsp3) is 0.130. The van der Waals surface area contributed by atoms with Crippen molar-refractivity contribution in [2.24, 2.45) is 0 Å². The number of halogens is 1. The van der Waals surface area contributed by atoms with E-state index in [9.17, 15) is 14.0 Å². The number of nitrogens with one attached hydrogen (secondary N) is 2. The summed E-state index contributed by atoms with van der Waals surface area (Å²) >= 11 is 2.56. The minimum atomic E-state index is -0.385. The average molecular weight is 467 g/mol. The first-order valence-corrected chi connectivity index (χ1v) is 11.5. The highest BCUT2D eigenvalue weighted by atomic mass is 32.2. The zero-order valence-electron chi connectivity index (χ0n) is 17.3. The van der Waals surface area contributed by atoms with Crippen LogP contribution in [0.1, 0.15) is 11.3 Å². The molecule has 0 atom stereocenters. The van der Waals surface area contributed by atoms with E-state index in [0.717, 1.165) is 32.9 Å². The number of H-pyrrole nitrogens is 1. The van der Waals surface area contributed by atoms with E-state index >= 15 is 0 Å². The first kappa shape index (κ1) is 21.9. The van der Waals surface area contributed by atoms with Gasteiger partial charge in [0, 0.05) is 17.3 Å². The molecule has 32 heavy (non-hydrogen) atoms. The normalized spacial score (nSPS) is 10.8. The Hall–Kier alpha value is -3.30. The largest absolute Gasteiger partial charge is 0.325 e. The fourth-order valence-electron chi connectivity index (χ4n) is 2.96. The number of thiazole rings is 1. The lowest BCUT2D eigenvalue weighted by Crippen LogP contribution is -2.15. The molecule has 1 amide bonds. The Kier molecular flexibility index (Phi) is 6.48. The van der Waals surface area contributed by atoms with Crippen LogP contribution in [0.4, 0.5) is 10.1 Å². The molecule has 4 rings (SSSR count). The average Bonchev–Trinajstić information content (AvgIpc) is 3.17. The summed E-state index contributed by atoms with van der Waals surface area (Å²) in [5.74, 6) is -0.700. The molecule has 2 aromatic heterocycles. The monoisotopic (exact) mass is 466 g/mol. The topological polar surface area (TPSA) is 87.7 Å². The molecule has 0 aliphatic rings. The van der Waals surface area contributed by atoms with E-state index in [4.69, 9.17) is 0 Å². The van der Waals surface area contributed by atoms with E-state index < -0.39 is 0 Å². The molecule has 4 aromatic rings. The number of amides is 1. The van der Waals surface area contributed by atoms with Crippen LogP contribution in [0.25, 0.3) is 21.1 Å². The maximum absolute atomic E-state index is 13.7. The van der Waals surface area contributed by atoms with Crippen LogP contribution < -0.4 is 10.9 Å². The van der Waals surface area contributed by atoms with Crippen LogP contribution in [0.2, 0.25) is 0 Å². The van der Waals surface area contributed by atoms with Crippen molar-refractivity contribution in [1.29, 1.82) is 0 Å². The molecule has 9 heteroatoms. The minimum absolute atomic E-state index is 0.0127. The lowest BCUT2D eigenvalue weighted by Gasteiger charge is -2.06. The predicted octanol–water partition coefficient (Wildman–Crippen LogP) is 5.05. The van der Waals surface area contributed by atoms with Gasteiger partial charge in [-0.2, -0.15) is 0 Å². The summed E-state index contributed by atoms with van der Waals surface area (Å²) in [5.41, 5.74) is 2.85. The molecule has 0 unspecified atom stereocenters. The van der Waals surface area contributed by atoms with Crippen molar-refractivity contribution >= 4 is 34.7 Å². The van der Waals surface area contributed by atoms with Crippen molar-refractivity contribution in [3.8, 4) is 21.1 Å². The molecule has 2 aromatic carbocycles. The first-order chi connectivity index (χ1) is 15.4. The zero-order valence-corrected chi connectivity index (χ0v) is 18.9. The van der Waals surface area contributed by atoms with Gasteiger partial charge in [0.25, 0.3) is 5.56 Å². The van der Waals surface area contributed by atoms with E-state index in [-0.39, 0.29) is 23.0 Å². The fourth-order valence-corrected chi connectivity index (χ4v) is 4.67. The summed E-state index contributed by atoms with van der Waals surface area (Å²) in [7, 11) is 0. The van der Waals surface area contributed by atoms with Gasteiger partial charge in [0.1, 0.15) is 10.8 Å². The van der Waals surface area contributed by atoms with Crippen LogP contribution in [-0.4, -0.2) is 26.6 Å². The van der Waals surface area contributed by atoms with Crippen LogP contribution in [0, 0.1) is 19.7 Å². The molecule has 0 bridgehead atoms. The molecule has 0 radical (unpaired) electrons. The number of carbonyl (C=O) groups is 1. The molecule has 2 N–H and O–H groups in total. The van der Waals surface area contributed by atoms with Crippen molar-refractivity contribution in [2.75, 3.05) is 11.1 Å². The van der Waals surface area contributed by atoms with E-state index in [1.807, 2.05) is 37.3 Å². The third-order valence-corrected chi connectivity index (χ3v) is 6.67. The van der Waals surface area contributed by atoms with Crippen LogP contribution in [0.5, 0.6) is 0 Å². The Morgan fingerprint density at radius 3 is 2.66 bits per heavy atom. The highest BCUT2D eigenvalue weighted by molar-refractivity contribution is 7.99. The summed E-state index contributed by atoms with van der Waals surface area (Å²) in [4.78, 5) is 37.0. The van der Waals surface area contributed by atoms with Crippen LogP contribution in [-0.2, 0) is 4.79 Å². The summed E-state index contributed by atoms with van der Waals surface area (Å²) < 4.78 is 13.7. The number of thioether (sulfide) groups is 1. The number of benzene rings is 2. The van der Waals surface area contributed by atoms with Gasteiger partial charge in [-0.1, -0.05) is 48.2 Å². The Morgan fingerprint density at radius 2 is 1.91 bits per heavy atom.